The van der Waals surface area contributed by atoms with Gasteiger partial charge >= 0.3 is 0 Å². The van der Waals surface area contributed by atoms with Gasteiger partial charge in [0.15, 0.2) is 0 Å². The van der Waals surface area contributed by atoms with E-state index in [9.17, 15) is 10.2 Å². The van der Waals surface area contributed by atoms with E-state index in [0.717, 1.165) is 10.0 Å². The SMILES string of the molecule is CCC(O)C(O)Cc1ccc(Br)cc1Cl. The molecular weight excluding hydrogens is 279 g/mol. The van der Waals surface area contributed by atoms with E-state index in [0.29, 0.717) is 17.9 Å². The van der Waals surface area contributed by atoms with Crippen molar-refractivity contribution in [3.05, 3.63) is 33.3 Å². The van der Waals surface area contributed by atoms with Crippen LogP contribution in [0.15, 0.2) is 22.7 Å². The van der Waals surface area contributed by atoms with Gasteiger partial charge in [-0.25, -0.2) is 0 Å². The first-order chi connectivity index (χ1) is 7.04. The smallest absolute Gasteiger partial charge is 0.0839 e. The van der Waals surface area contributed by atoms with Crippen LogP contribution in [0, 0.1) is 0 Å². The molecule has 84 valence electrons. The maximum atomic E-state index is 9.64. The van der Waals surface area contributed by atoms with Gasteiger partial charge in [-0.15, -0.1) is 0 Å². The predicted molar refractivity (Wildman–Crippen MR) is 65.2 cm³/mol. The number of aliphatic hydroxyl groups is 2. The Hall–Kier alpha value is -0.0900. The van der Waals surface area contributed by atoms with E-state index in [4.69, 9.17) is 11.6 Å². The molecule has 0 saturated carbocycles. The van der Waals surface area contributed by atoms with E-state index in [2.05, 4.69) is 15.9 Å². The molecule has 0 amide bonds. The quantitative estimate of drug-likeness (QED) is 0.896. The van der Waals surface area contributed by atoms with E-state index < -0.39 is 12.2 Å². The van der Waals surface area contributed by atoms with Gasteiger partial charge in [0.25, 0.3) is 0 Å². The van der Waals surface area contributed by atoms with Crippen molar-refractivity contribution in [1.82, 2.24) is 0 Å². The van der Waals surface area contributed by atoms with Gasteiger partial charge in [-0.3, -0.25) is 0 Å². The van der Waals surface area contributed by atoms with Crippen LogP contribution in [-0.2, 0) is 6.42 Å². The Morgan fingerprint density at radius 3 is 2.53 bits per heavy atom. The van der Waals surface area contributed by atoms with E-state index in [1.807, 2.05) is 19.1 Å². The van der Waals surface area contributed by atoms with Gasteiger partial charge < -0.3 is 10.2 Å². The lowest BCUT2D eigenvalue weighted by molar-refractivity contribution is 0.0182. The summed E-state index contributed by atoms with van der Waals surface area (Å²) in [6.07, 6.45) is -0.533. The molecule has 2 nitrogen and oxygen atoms in total. The molecule has 0 radical (unpaired) electrons. The molecule has 1 aromatic carbocycles. The summed E-state index contributed by atoms with van der Waals surface area (Å²) >= 11 is 9.31. The Bertz CT molecular complexity index is 330. The molecule has 2 atom stereocenters. The molecule has 0 aliphatic heterocycles. The summed E-state index contributed by atoms with van der Waals surface area (Å²) in [5.74, 6) is 0. The summed E-state index contributed by atoms with van der Waals surface area (Å²) in [5.41, 5.74) is 0.847. The number of hydrogen-bond donors (Lipinski definition) is 2. The standard InChI is InChI=1S/C11H14BrClO2/c1-2-10(14)11(15)5-7-3-4-8(12)6-9(7)13/h3-4,6,10-11,14-15H,2,5H2,1H3. The molecule has 1 rings (SSSR count). The maximum Gasteiger partial charge on any atom is 0.0839 e. The topological polar surface area (TPSA) is 40.5 Å². The summed E-state index contributed by atoms with van der Waals surface area (Å²) < 4.78 is 0.904. The van der Waals surface area contributed by atoms with Crippen molar-refractivity contribution < 1.29 is 10.2 Å². The van der Waals surface area contributed by atoms with Gasteiger partial charge in [0.2, 0.25) is 0 Å². The zero-order chi connectivity index (χ0) is 11.4. The highest BCUT2D eigenvalue weighted by Crippen LogP contribution is 2.23. The van der Waals surface area contributed by atoms with Crippen LogP contribution in [0.1, 0.15) is 18.9 Å². The molecule has 0 bridgehead atoms. The minimum Gasteiger partial charge on any atom is -0.390 e. The zero-order valence-corrected chi connectivity index (χ0v) is 10.8. The molecule has 0 fully saturated rings. The van der Waals surface area contributed by atoms with E-state index in [1.165, 1.54) is 0 Å². The first kappa shape index (κ1) is 13.0. The monoisotopic (exact) mass is 292 g/mol. The van der Waals surface area contributed by atoms with Crippen molar-refractivity contribution in [2.45, 2.75) is 32.0 Å². The number of hydrogen-bond acceptors (Lipinski definition) is 2. The molecule has 15 heavy (non-hydrogen) atoms. The molecular formula is C11H14BrClO2. The third kappa shape index (κ3) is 3.76. The van der Waals surface area contributed by atoms with Crippen LogP contribution in [-0.4, -0.2) is 22.4 Å². The van der Waals surface area contributed by atoms with Crippen LogP contribution in [0.4, 0.5) is 0 Å². The van der Waals surface area contributed by atoms with Crippen molar-refractivity contribution in [3.8, 4) is 0 Å². The van der Waals surface area contributed by atoms with Crippen LogP contribution in [0.3, 0.4) is 0 Å². The van der Waals surface area contributed by atoms with Crippen LogP contribution in [0.2, 0.25) is 5.02 Å². The van der Waals surface area contributed by atoms with Gasteiger partial charge in [-0.1, -0.05) is 40.5 Å². The third-order valence-corrected chi connectivity index (χ3v) is 3.15. The van der Waals surface area contributed by atoms with Crippen molar-refractivity contribution in [2.75, 3.05) is 0 Å². The van der Waals surface area contributed by atoms with Gasteiger partial charge in [0.1, 0.15) is 0 Å². The second kappa shape index (κ2) is 5.85. The summed E-state index contributed by atoms with van der Waals surface area (Å²) in [7, 11) is 0. The number of halogens is 2. The average molecular weight is 294 g/mol. The molecule has 0 spiro atoms. The fourth-order valence-corrected chi connectivity index (χ4v) is 2.07. The highest BCUT2D eigenvalue weighted by atomic mass is 79.9. The minimum atomic E-state index is -0.756. The molecule has 1 aromatic rings. The Labute approximate surface area is 103 Å². The Morgan fingerprint density at radius 1 is 1.33 bits per heavy atom. The predicted octanol–water partition coefficient (Wildman–Crippen LogP) is 2.78. The lowest BCUT2D eigenvalue weighted by atomic mass is 10.0. The fourth-order valence-electron chi connectivity index (χ4n) is 1.32. The van der Waals surface area contributed by atoms with Crippen LogP contribution >= 0.6 is 27.5 Å². The fraction of sp³-hybridized carbons (Fsp3) is 0.455. The Morgan fingerprint density at radius 2 is 2.00 bits per heavy atom. The van der Waals surface area contributed by atoms with Crippen molar-refractivity contribution in [3.63, 3.8) is 0 Å². The van der Waals surface area contributed by atoms with Crippen molar-refractivity contribution in [1.29, 1.82) is 0 Å². The van der Waals surface area contributed by atoms with E-state index in [1.54, 1.807) is 6.07 Å². The molecule has 0 aliphatic rings. The molecule has 0 heterocycles. The summed E-state index contributed by atoms with van der Waals surface area (Å²) in [4.78, 5) is 0. The highest BCUT2D eigenvalue weighted by Gasteiger charge is 2.15. The molecule has 0 saturated heterocycles. The average Bonchev–Trinajstić information content (AvgIpc) is 2.20. The molecule has 0 aliphatic carbocycles. The van der Waals surface area contributed by atoms with Gasteiger partial charge in [0.05, 0.1) is 12.2 Å². The van der Waals surface area contributed by atoms with Crippen molar-refractivity contribution in [2.24, 2.45) is 0 Å². The summed E-state index contributed by atoms with van der Waals surface area (Å²) in [6, 6.07) is 5.49. The largest absolute Gasteiger partial charge is 0.390 e. The minimum absolute atomic E-state index is 0.376. The first-order valence-corrected chi connectivity index (χ1v) is 6.01. The number of rotatable bonds is 4. The molecule has 2 N–H and O–H groups in total. The second-order valence-corrected chi connectivity index (χ2v) is 4.81. The maximum absolute atomic E-state index is 9.64. The van der Waals surface area contributed by atoms with Crippen LogP contribution in [0.5, 0.6) is 0 Å². The lowest BCUT2D eigenvalue weighted by Gasteiger charge is -2.16. The first-order valence-electron chi connectivity index (χ1n) is 4.84. The normalized spacial score (nSPS) is 15.0. The van der Waals surface area contributed by atoms with Crippen molar-refractivity contribution >= 4 is 27.5 Å². The zero-order valence-electron chi connectivity index (χ0n) is 8.45. The van der Waals surface area contributed by atoms with Gasteiger partial charge in [0, 0.05) is 15.9 Å². The number of aliphatic hydroxyl groups excluding tert-OH is 2. The third-order valence-electron chi connectivity index (χ3n) is 2.31. The highest BCUT2D eigenvalue weighted by molar-refractivity contribution is 9.10. The second-order valence-electron chi connectivity index (χ2n) is 3.48. The van der Waals surface area contributed by atoms with Gasteiger partial charge in [-0.05, 0) is 24.1 Å². The van der Waals surface area contributed by atoms with Gasteiger partial charge in [-0.2, -0.15) is 0 Å². The van der Waals surface area contributed by atoms with Crippen LogP contribution in [0.25, 0.3) is 0 Å². The summed E-state index contributed by atoms with van der Waals surface area (Å²) in [5, 5.41) is 19.7. The summed E-state index contributed by atoms with van der Waals surface area (Å²) in [6.45, 7) is 1.83. The van der Waals surface area contributed by atoms with Crippen LogP contribution < -0.4 is 0 Å². The lowest BCUT2D eigenvalue weighted by Crippen LogP contribution is -2.27. The molecule has 2 unspecified atom stereocenters. The number of benzene rings is 1. The Kier molecular flexibility index (Phi) is 5.06. The molecule has 0 aromatic heterocycles. The van der Waals surface area contributed by atoms with E-state index in [-0.39, 0.29) is 0 Å². The Balaban J connectivity index is 2.72. The van der Waals surface area contributed by atoms with E-state index >= 15 is 0 Å². The molecule has 4 heteroatoms.